The number of aromatic nitrogens is 3. The molecule has 1 N–H and O–H groups in total. The number of thiazole rings is 1. The quantitative estimate of drug-likeness (QED) is 0.946. The van der Waals surface area contributed by atoms with Crippen LogP contribution in [0.1, 0.15) is 45.6 Å². The molecule has 22 heavy (non-hydrogen) atoms. The number of aromatic amines is 1. The molecule has 0 saturated carbocycles. The molecule has 0 unspecified atom stereocenters. The predicted molar refractivity (Wildman–Crippen MR) is 87.2 cm³/mol. The highest BCUT2D eigenvalue weighted by Crippen LogP contribution is 2.30. The van der Waals surface area contributed by atoms with Crippen LogP contribution in [0.3, 0.4) is 0 Å². The lowest BCUT2D eigenvalue weighted by Crippen LogP contribution is -2.40. The third-order valence-corrected chi connectivity index (χ3v) is 5.45. The van der Waals surface area contributed by atoms with Crippen molar-refractivity contribution in [3.63, 3.8) is 0 Å². The van der Waals surface area contributed by atoms with Crippen molar-refractivity contribution >= 4 is 17.2 Å². The maximum atomic E-state index is 12.6. The number of piperidine rings is 1. The van der Waals surface area contributed by atoms with Crippen molar-refractivity contribution in [2.45, 2.75) is 46.0 Å². The molecule has 6 heteroatoms. The molecular weight excluding hydrogens is 296 g/mol. The van der Waals surface area contributed by atoms with Crippen molar-refractivity contribution in [3.8, 4) is 0 Å². The standard InChI is InChI=1S/C16H22N4OS/c1-10-8-17-16(22-10)13-5-4-6-20(9-13)15(21)7-14-11(2)18-19-12(14)3/h8,13H,4-7,9H2,1-3H3,(H,18,19)/t13-/m1/s1. The van der Waals surface area contributed by atoms with Crippen LogP contribution in [0.15, 0.2) is 6.20 Å². The molecule has 0 aromatic carbocycles. The predicted octanol–water partition coefficient (Wildman–Crippen LogP) is 2.74. The number of H-pyrrole nitrogens is 1. The van der Waals surface area contributed by atoms with Gasteiger partial charge in [0.15, 0.2) is 0 Å². The maximum absolute atomic E-state index is 12.6. The topological polar surface area (TPSA) is 61.9 Å². The van der Waals surface area contributed by atoms with Gasteiger partial charge in [0.2, 0.25) is 5.91 Å². The van der Waals surface area contributed by atoms with Crippen molar-refractivity contribution in [2.24, 2.45) is 0 Å². The van der Waals surface area contributed by atoms with Gasteiger partial charge >= 0.3 is 0 Å². The Morgan fingerprint density at radius 1 is 1.45 bits per heavy atom. The van der Waals surface area contributed by atoms with Gasteiger partial charge in [-0.05, 0) is 33.6 Å². The van der Waals surface area contributed by atoms with E-state index in [1.165, 1.54) is 9.88 Å². The number of aryl methyl sites for hydroxylation is 3. The van der Waals surface area contributed by atoms with Crippen LogP contribution in [-0.2, 0) is 11.2 Å². The normalized spacial score (nSPS) is 18.7. The number of carbonyl (C=O) groups is 1. The summed E-state index contributed by atoms with van der Waals surface area (Å²) in [7, 11) is 0. The molecule has 5 nitrogen and oxygen atoms in total. The molecule has 1 fully saturated rings. The van der Waals surface area contributed by atoms with Crippen molar-refractivity contribution in [1.82, 2.24) is 20.1 Å². The van der Waals surface area contributed by atoms with Gasteiger partial charge in [0, 0.05) is 41.3 Å². The summed E-state index contributed by atoms with van der Waals surface area (Å²) in [5.74, 6) is 0.591. The Kier molecular flexibility index (Phi) is 4.29. The zero-order chi connectivity index (χ0) is 15.7. The maximum Gasteiger partial charge on any atom is 0.227 e. The Balaban J connectivity index is 1.68. The summed E-state index contributed by atoms with van der Waals surface area (Å²) in [5, 5.41) is 8.30. The van der Waals surface area contributed by atoms with E-state index in [1.807, 2.05) is 24.9 Å². The van der Waals surface area contributed by atoms with Crippen molar-refractivity contribution < 1.29 is 4.79 Å². The molecule has 0 bridgehead atoms. The second-order valence-electron chi connectivity index (χ2n) is 6.08. The number of amides is 1. The lowest BCUT2D eigenvalue weighted by atomic mass is 9.98. The van der Waals surface area contributed by atoms with Crippen LogP contribution in [0.4, 0.5) is 0 Å². The molecule has 1 saturated heterocycles. The fraction of sp³-hybridized carbons (Fsp3) is 0.562. The smallest absolute Gasteiger partial charge is 0.227 e. The summed E-state index contributed by atoms with van der Waals surface area (Å²) in [5.41, 5.74) is 2.96. The highest BCUT2D eigenvalue weighted by atomic mass is 32.1. The van der Waals surface area contributed by atoms with E-state index in [0.29, 0.717) is 12.3 Å². The van der Waals surface area contributed by atoms with Gasteiger partial charge < -0.3 is 4.90 Å². The third-order valence-electron chi connectivity index (χ3n) is 4.37. The van der Waals surface area contributed by atoms with E-state index in [2.05, 4.69) is 22.1 Å². The van der Waals surface area contributed by atoms with Crippen LogP contribution in [-0.4, -0.2) is 39.1 Å². The minimum atomic E-state index is 0.200. The lowest BCUT2D eigenvalue weighted by Gasteiger charge is -2.32. The van der Waals surface area contributed by atoms with Crippen LogP contribution >= 0.6 is 11.3 Å². The van der Waals surface area contributed by atoms with Gasteiger partial charge in [0.1, 0.15) is 0 Å². The number of nitrogens with one attached hydrogen (secondary N) is 1. The molecule has 118 valence electrons. The first-order valence-corrected chi connectivity index (χ1v) is 8.56. The molecule has 1 atom stereocenters. The second-order valence-corrected chi connectivity index (χ2v) is 7.34. The first-order valence-electron chi connectivity index (χ1n) is 7.75. The van der Waals surface area contributed by atoms with E-state index < -0.39 is 0 Å². The molecule has 0 radical (unpaired) electrons. The Morgan fingerprint density at radius 3 is 2.91 bits per heavy atom. The zero-order valence-electron chi connectivity index (χ0n) is 13.3. The van der Waals surface area contributed by atoms with Gasteiger partial charge in [-0.2, -0.15) is 5.10 Å². The van der Waals surface area contributed by atoms with E-state index in [0.717, 1.165) is 42.9 Å². The second kappa shape index (κ2) is 6.20. The number of likely N-dealkylation sites (tertiary alicyclic amines) is 1. The number of rotatable bonds is 3. The van der Waals surface area contributed by atoms with Gasteiger partial charge in [-0.3, -0.25) is 9.89 Å². The summed E-state index contributed by atoms with van der Waals surface area (Å²) in [6.07, 6.45) is 4.55. The molecule has 2 aromatic rings. The number of nitrogens with zero attached hydrogens (tertiary/aromatic N) is 3. The van der Waals surface area contributed by atoms with E-state index in [9.17, 15) is 4.79 Å². The summed E-state index contributed by atoms with van der Waals surface area (Å²) < 4.78 is 0. The summed E-state index contributed by atoms with van der Waals surface area (Å²) in [6, 6.07) is 0. The monoisotopic (exact) mass is 318 g/mol. The van der Waals surface area contributed by atoms with Crippen molar-refractivity contribution in [1.29, 1.82) is 0 Å². The van der Waals surface area contributed by atoms with Crippen LogP contribution in [0.2, 0.25) is 0 Å². The van der Waals surface area contributed by atoms with Crippen LogP contribution in [0.5, 0.6) is 0 Å². The third kappa shape index (κ3) is 3.06. The average molecular weight is 318 g/mol. The SMILES string of the molecule is Cc1cnc([C@@H]2CCCN(C(=O)Cc3c(C)n[nH]c3C)C2)s1. The highest BCUT2D eigenvalue weighted by molar-refractivity contribution is 7.11. The molecule has 0 spiro atoms. The number of hydrogen-bond donors (Lipinski definition) is 1. The fourth-order valence-electron chi connectivity index (χ4n) is 3.06. The number of carbonyl (C=O) groups excluding carboxylic acids is 1. The Hall–Kier alpha value is -1.69. The molecule has 3 heterocycles. The summed E-state index contributed by atoms with van der Waals surface area (Å²) >= 11 is 1.75. The molecular formula is C16H22N4OS. The van der Waals surface area contributed by atoms with Gasteiger partial charge in [-0.25, -0.2) is 4.98 Å². The molecule has 1 aliphatic heterocycles. The van der Waals surface area contributed by atoms with E-state index in [-0.39, 0.29) is 5.91 Å². The molecule has 0 aliphatic carbocycles. The van der Waals surface area contributed by atoms with E-state index in [1.54, 1.807) is 11.3 Å². The molecule has 3 rings (SSSR count). The van der Waals surface area contributed by atoms with Gasteiger partial charge in [0.25, 0.3) is 0 Å². The first-order chi connectivity index (χ1) is 10.5. The summed E-state index contributed by atoms with van der Waals surface area (Å²) in [4.78, 5) is 20.4. The first kappa shape index (κ1) is 15.2. The van der Waals surface area contributed by atoms with Crippen LogP contribution in [0.25, 0.3) is 0 Å². The molecule has 2 aromatic heterocycles. The highest BCUT2D eigenvalue weighted by Gasteiger charge is 2.27. The Morgan fingerprint density at radius 2 is 2.27 bits per heavy atom. The van der Waals surface area contributed by atoms with E-state index in [4.69, 9.17) is 0 Å². The lowest BCUT2D eigenvalue weighted by molar-refractivity contribution is -0.131. The number of hydrogen-bond acceptors (Lipinski definition) is 4. The molecule has 1 aliphatic rings. The minimum absolute atomic E-state index is 0.200. The van der Waals surface area contributed by atoms with Gasteiger partial charge in [-0.1, -0.05) is 0 Å². The van der Waals surface area contributed by atoms with Crippen molar-refractivity contribution in [2.75, 3.05) is 13.1 Å². The Labute approximate surface area is 134 Å². The van der Waals surface area contributed by atoms with Crippen molar-refractivity contribution in [3.05, 3.63) is 33.0 Å². The van der Waals surface area contributed by atoms with Crippen LogP contribution in [0, 0.1) is 20.8 Å². The fourth-order valence-corrected chi connectivity index (χ4v) is 3.96. The van der Waals surface area contributed by atoms with Gasteiger partial charge in [-0.15, -0.1) is 11.3 Å². The Bertz CT molecular complexity index is 656. The average Bonchev–Trinajstić information content (AvgIpc) is 3.08. The summed E-state index contributed by atoms with van der Waals surface area (Å²) in [6.45, 7) is 7.65. The molecule has 1 amide bonds. The zero-order valence-corrected chi connectivity index (χ0v) is 14.2. The van der Waals surface area contributed by atoms with Gasteiger partial charge in [0.05, 0.1) is 17.1 Å². The van der Waals surface area contributed by atoms with E-state index >= 15 is 0 Å². The minimum Gasteiger partial charge on any atom is -0.342 e. The largest absolute Gasteiger partial charge is 0.342 e. The van der Waals surface area contributed by atoms with Crippen LogP contribution < -0.4 is 0 Å².